The number of nitrogens with two attached hydrogens (primary N) is 1. The normalized spacial score (nSPS) is 34.2. The average Bonchev–Trinajstić information content (AvgIpc) is 3.24. The number of nitriles is 1. The Hall–Kier alpha value is -2.32. The Bertz CT molecular complexity index is 795. The van der Waals surface area contributed by atoms with Crippen LogP contribution in [0.25, 0.3) is 0 Å². The van der Waals surface area contributed by atoms with Crippen molar-refractivity contribution in [3.8, 4) is 6.07 Å². The van der Waals surface area contributed by atoms with Crippen molar-refractivity contribution in [2.75, 3.05) is 33.2 Å². The largest absolute Gasteiger partial charge is 0.387 e. The highest BCUT2D eigenvalue weighted by molar-refractivity contribution is 5.91. The summed E-state index contributed by atoms with van der Waals surface area (Å²) in [6, 6.07) is 10.2. The quantitative estimate of drug-likeness (QED) is 0.890. The molecule has 4 atom stereocenters. The molecule has 0 aromatic heterocycles. The van der Waals surface area contributed by atoms with Crippen LogP contribution >= 0.6 is 0 Å². The van der Waals surface area contributed by atoms with Gasteiger partial charge in [0.05, 0.1) is 11.6 Å². The van der Waals surface area contributed by atoms with Crippen LogP contribution in [0.3, 0.4) is 0 Å². The number of rotatable bonds is 2. The second-order valence-electron chi connectivity index (χ2n) is 8.17. The van der Waals surface area contributed by atoms with E-state index in [1.54, 1.807) is 0 Å². The first kappa shape index (κ1) is 17.1. The van der Waals surface area contributed by atoms with Crippen molar-refractivity contribution < 1.29 is 0 Å². The summed E-state index contributed by atoms with van der Waals surface area (Å²) in [5, 5.41) is 9.09. The van der Waals surface area contributed by atoms with Crippen LogP contribution < -0.4 is 5.73 Å². The van der Waals surface area contributed by atoms with Gasteiger partial charge in [-0.25, -0.2) is 4.99 Å². The molecule has 1 saturated carbocycles. The van der Waals surface area contributed by atoms with Crippen molar-refractivity contribution in [3.05, 3.63) is 47.3 Å². The zero-order valence-electron chi connectivity index (χ0n) is 15.8. The van der Waals surface area contributed by atoms with Crippen LogP contribution in [0.1, 0.15) is 30.9 Å². The van der Waals surface area contributed by atoms with E-state index in [1.807, 2.05) is 12.1 Å². The molecule has 1 aromatic rings. The van der Waals surface area contributed by atoms with Crippen LogP contribution in [0.15, 0.2) is 41.2 Å². The molecule has 26 heavy (non-hydrogen) atoms. The van der Waals surface area contributed by atoms with Crippen molar-refractivity contribution >= 4 is 5.84 Å². The Morgan fingerprint density at radius 3 is 2.46 bits per heavy atom. The lowest BCUT2D eigenvalue weighted by atomic mass is 9.89. The molecule has 136 valence electrons. The minimum atomic E-state index is -0.0383. The maximum Gasteiger partial charge on any atom is 0.127 e. The molecule has 2 N–H and O–H groups in total. The predicted molar refractivity (Wildman–Crippen MR) is 103 cm³/mol. The Labute approximate surface area is 155 Å². The third-order valence-electron chi connectivity index (χ3n) is 6.82. The summed E-state index contributed by atoms with van der Waals surface area (Å²) in [6.45, 7) is 8.58. The summed E-state index contributed by atoms with van der Waals surface area (Å²) in [4.78, 5) is 9.60. The summed E-state index contributed by atoms with van der Waals surface area (Å²) in [5.74, 6) is 3.05. The molecule has 2 heterocycles. The zero-order chi connectivity index (χ0) is 18.5. The van der Waals surface area contributed by atoms with Gasteiger partial charge in [0.1, 0.15) is 11.7 Å². The molecule has 3 aliphatic rings. The SMILES string of the molecule is CC1C2C(c3ccc(C#N)cc3)C=C(N3CCN(C)CC3)N=C(N)C12C. The van der Waals surface area contributed by atoms with E-state index >= 15 is 0 Å². The van der Waals surface area contributed by atoms with E-state index in [4.69, 9.17) is 16.0 Å². The van der Waals surface area contributed by atoms with Crippen LogP contribution in [0.2, 0.25) is 0 Å². The molecule has 0 bridgehead atoms. The van der Waals surface area contributed by atoms with Crippen LogP contribution in [0.5, 0.6) is 0 Å². The minimum absolute atomic E-state index is 0.0383. The van der Waals surface area contributed by atoms with E-state index in [9.17, 15) is 0 Å². The third kappa shape index (κ3) is 2.60. The first-order valence-electron chi connectivity index (χ1n) is 9.45. The number of fused-ring (bicyclic) bond motifs is 1. The molecule has 0 amide bonds. The molecule has 2 fully saturated rings. The monoisotopic (exact) mass is 349 g/mol. The van der Waals surface area contributed by atoms with Gasteiger partial charge in [-0.15, -0.1) is 0 Å². The van der Waals surface area contributed by atoms with Gasteiger partial charge in [-0.1, -0.05) is 26.0 Å². The molecule has 2 aliphatic heterocycles. The van der Waals surface area contributed by atoms with Crippen molar-refractivity contribution in [2.45, 2.75) is 19.8 Å². The maximum absolute atomic E-state index is 9.09. The molecule has 0 radical (unpaired) electrons. The Balaban J connectivity index is 1.71. The summed E-state index contributed by atoms with van der Waals surface area (Å²) < 4.78 is 0. The van der Waals surface area contributed by atoms with Gasteiger partial charge in [-0.2, -0.15) is 5.26 Å². The van der Waals surface area contributed by atoms with Gasteiger partial charge in [0.15, 0.2) is 0 Å². The van der Waals surface area contributed by atoms with Gasteiger partial charge >= 0.3 is 0 Å². The number of allylic oxidation sites excluding steroid dienone is 1. The highest BCUT2D eigenvalue weighted by atomic mass is 15.3. The van der Waals surface area contributed by atoms with Gasteiger partial charge in [-0.05, 0) is 42.7 Å². The van der Waals surface area contributed by atoms with Gasteiger partial charge in [0.25, 0.3) is 0 Å². The summed E-state index contributed by atoms with van der Waals surface area (Å²) in [5.41, 5.74) is 8.40. The fourth-order valence-electron chi connectivity index (χ4n) is 4.70. The van der Waals surface area contributed by atoms with Crippen LogP contribution in [0, 0.1) is 28.6 Å². The van der Waals surface area contributed by atoms with E-state index < -0.39 is 0 Å². The van der Waals surface area contributed by atoms with Crippen molar-refractivity contribution in [1.82, 2.24) is 9.80 Å². The molecule has 1 saturated heterocycles. The fourth-order valence-corrected chi connectivity index (χ4v) is 4.70. The zero-order valence-corrected chi connectivity index (χ0v) is 15.8. The van der Waals surface area contributed by atoms with Crippen molar-refractivity contribution in [1.29, 1.82) is 5.26 Å². The molecule has 1 aromatic carbocycles. The molecular formula is C21H27N5. The van der Waals surface area contributed by atoms with E-state index in [0.29, 0.717) is 17.4 Å². The summed E-state index contributed by atoms with van der Waals surface area (Å²) >= 11 is 0. The van der Waals surface area contributed by atoms with Crippen LogP contribution in [0.4, 0.5) is 0 Å². The van der Waals surface area contributed by atoms with Gasteiger partial charge in [-0.3, -0.25) is 0 Å². The highest BCUT2D eigenvalue weighted by Gasteiger charge is 2.64. The number of hydrogen-bond donors (Lipinski definition) is 1. The lowest BCUT2D eigenvalue weighted by Crippen LogP contribution is -2.44. The molecule has 5 nitrogen and oxygen atoms in total. The number of likely N-dealkylation sites (N-methyl/N-ethyl adjacent to an activating group) is 1. The van der Waals surface area contributed by atoms with E-state index in [0.717, 1.165) is 37.8 Å². The second-order valence-corrected chi connectivity index (χ2v) is 8.17. The van der Waals surface area contributed by atoms with Gasteiger partial charge < -0.3 is 15.5 Å². The molecule has 1 aliphatic carbocycles. The Morgan fingerprint density at radius 1 is 1.19 bits per heavy atom. The molecular weight excluding hydrogens is 322 g/mol. The lowest BCUT2D eigenvalue weighted by Gasteiger charge is -2.34. The number of hydrogen-bond acceptors (Lipinski definition) is 5. The van der Waals surface area contributed by atoms with E-state index in [1.165, 1.54) is 5.56 Å². The lowest BCUT2D eigenvalue weighted by molar-refractivity contribution is 0.184. The number of piperazine rings is 1. The highest BCUT2D eigenvalue weighted by Crippen LogP contribution is 2.65. The number of amidine groups is 1. The van der Waals surface area contributed by atoms with E-state index in [-0.39, 0.29) is 11.3 Å². The van der Waals surface area contributed by atoms with Gasteiger partial charge in [0, 0.05) is 37.5 Å². The summed E-state index contributed by atoms with van der Waals surface area (Å²) in [7, 11) is 2.16. The number of aliphatic imine (C=N–C) groups is 1. The Kier molecular flexibility index (Phi) is 4.04. The molecule has 4 unspecified atom stereocenters. The maximum atomic E-state index is 9.09. The third-order valence-corrected chi connectivity index (χ3v) is 6.82. The first-order valence-corrected chi connectivity index (χ1v) is 9.45. The molecule has 0 spiro atoms. The number of nitrogens with zero attached hydrogens (tertiary/aromatic N) is 4. The first-order chi connectivity index (χ1) is 12.4. The van der Waals surface area contributed by atoms with Crippen LogP contribution in [-0.2, 0) is 0 Å². The second kappa shape index (κ2) is 6.14. The van der Waals surface area contributed by atoms with E-state index in [2.05, 4.69) is 55.0 Å². The Morgan fingerprint density at radius 2 is 1.85 bits per heavy atom. The molecule has 5 heteroatoms. The predicted octanol–water partition coefficient (Wildman–Crippen LogP) is 2.37. The number of benzene rings is 1. The minimum Gasteiger partial charge on any atom is -0.387 e. The van der Waals surface area contributed by atoms with Crippen molar-refractivity contribution in [2.24, 2.45) is 28.0 Å². The smallest absolute Gasteiger partial charge is 0.127 e. The standard InChI is InChI=1S/C21H27N5/c1-14-19-17(16-6-4-15(13-22)5-7-16)12-18(24-20(23)21(14,19)2)26-10-8-25(3)9-11-26/h4-7,12,14,17,19H,8-11H2,1-3H3,(H2,23,24). The fraction of sp³-hybridized carbons (Fsp3) is 0.524. The topological polar surface area (TPSA) is 68.7 Å². The van der Waals surface area contributed by atoms with Crippen LogP contribution in [-0.4, -0.2) is 48.9 Å². The molecule has 4 rings (SSSR count). The summed E-state index contributed by atoms with van der Waals surface area (Å²) in [6.07, 6.45) is 2.32. The average molecular weight is 349 g/mol. The van der Waals surface area contributed by atoms with Gasteiger partial charge in [0.2, 0.25) is 0 Å². The van der Waals surface area contributed by atoms with Crippen molar-refractivity contribution in [3.63, 3.8) is 0 Å².